The van der Waals surface area contributed by atoms with Crippen LogP contribution in [0.4, 0.5) is 0 Å². The number of rotatable bonds is 13. The lowest BCUT2D eigenvalue weighted by Gasteiger charge is -2.30. The second-order valence-electron chi connectivity index (χ2n) is 22.3. The lowest BCUT2D eigenvalue weighted by Crippen LogP contribution is -2.55. The summed E-state index contributed by atoms with van der Waals surface area (Å²) in [5, 5.41) is 99.4. The minimum atomic E-state index is -2.15. The topological polar surface area (TPSA) is 437 Å². The number of aliphatic hydroxyl groups is 1. The fraction of sp³-hybridized carbons (Fsp3) is 0.246. The van der Waals surface area contributed by atoms with Gasteiger partial charge in [-0.1, -0.05) is 53.5 Å². The fourth-order valence-corrected chi connectivity index (χ4v) is 11.1. The van der Waals surface area contributed by atoms with Crippen molar-refractivity contribution in [2.75, 3.05) is 26.2 Å². The van der Waals surface area contributed by atoms with Crippen LogP contribution in [0.2, 0.25) is 10.0 Å². The zero-order chi connectivity index (χ0) is 67.1. The summed E-state index contributed by atoms with van der Waals surface area (Å²) in [6.07, 6.45) is -0.383. The Morgan fingerprint density at radius 2 is 1.11 bits per heavy atom. The number of ether oxygens (including phenoxy) is 3. The summed E-state index contributed by atoms with van der Waals surface area (Å²) in [5.41, 5.74) is 11.6. The Hall–Kier alpha value is -10.6. The van der Waals surface area contributed by atoms with E-state index in [0.717, 1.165) is 73.5 Å². The van der Waals surface area contributed by atoms with Gasteiger partial charge in [0.25, 0.3) is 0 Å². The molecule has 0 aliphatic carbocycles. The molecule has 0 spiro atoms. The highest BCUT2D eigenvalue weighted by molar-refractivity contribution is 6.32. The van der Waals surface area contributed by atoms with Gasteiger partial charge in [0.05, 0.1) is 10.0 Å². The third-order valence-electron chi connectivity index (χ3n) is 15.5. The maximum Gasteiger partial charge on any atom is 0.248 e. The van der Waals surface area contributed by atoms with Gasteiger partial charge in [0.2, 0.25) is 47.1 Å². The van der Waals surface area contributed by atoms with E-state index in [1.54, 1.807) is 0 Å². The molecule has 94 heavy (non-hydrogen) atoms. The molecule has 0 saturated carbocycles. The number of fused-ring (bicyclic) bond motifs is 15. The zero-order valence-corrected chi connectivity index (χ0v) is 51.0. The highest BCUT2D eigenvalue weighted by Crippen LogP contribution is 2.47. The molecule has 0 saturated heterocycles. The third kappa shape index (κ3) is 15.5. The predicted octanol–water partition coefficient (Wildman–Crippen LogP) is 4.75. The van der Waals surface area contributed by atoms with Gasteiger partial charge in [-0.3, -0.25) is 33.6 Å². The predicted molar refractivity (Wildman–Crippen MR) is 337 cm³/mol. The SMILES string of the molecule is NCCCCNCCCNC(=O)C(NC(=O)C1NC(=O)C(c2ccc(O)cc2)NC(=O)C2NC(=O)C3NC(=O)C(Cc4ccc(c(Cl)c4)Oc4cc2cc(c4O)Oc2ccc(cc2Cl)C1O)NC(=O)C(N)c1ccc(O)c(c1)Oc1cc(O)cc3c1)c1cc(O)cc(O)c1. The summed E-state index contributed by atoms with van der Waals surface area (Å²) < 4.78 is 18.5. The van der Waals surface area contributed by atoms with Crippen LogP contribution < -0.4 is 68.2 Å². The summed E-state index contributed by atoms with van der Waals surface area (Å²) in [6, 6.07) is 12.2. The number of phenols is 6. The van der Waals surface area contributed by atoms with Gasteiger partial charge >= 0.3 is 0 Å². The highest BCUT2D eigenvalue weighted by Gasteiger charge is 2.40. The number of aromatic hydroxyl groups is 6. The Bertz CT molecular complexity index is 4070. The molecule has 27 nitrogen and oxygen atoms in total. The summed E-state index contributed by atoms with van der Waals surface area (Å²) in [7, 11) is 0. The molecular formula is C65H64Cl2N10O17. The standard InChI is InChI=1S/C65H64Cl2N10O17/c66-42-18-30-4-12-46(42)93-49-26-36-27-50(58(49)84)94-47-13-8-33(24-43(47)67)57(83)56(65(91)75-53(34-20-38(79)28-39(80)21-34)61(87)71-17-3-16-70-15-2-1-14-68)77-62(88)52(31-5-9-37(78)10-6-31)74-64(90)55(36)76-63(89)54-35-22-40(81)29-41(23-35)92-48-25-32(7-11-45(48)82)51(69)60(86)72-44(19-30)59(85)73-54/h4-13,18,20-29,44,51-57,70,78-84H,1-3,14-17,19,68-69H2,(H,71,87)(H,72,86)(H,73,85)(H,74,90)(H,75,91)(H,76,89)(H,77,88). The monoisotopic (exact) mass is 1330 g/mol. The van der Waals surface area contributed by atoms with Gasteiger partial charge in [-0.2, -0.15) is 0 Å². The number of hydrogen-bond donors (Lipinski definition) is 17. The first-order chi connectivity index (χ1) is 45.0. The Morgan fingerprint density at radius 1 is 0.532 bits per heavy atom. The van der Waals surface area contributed by atoms with Crippen molar-refractivity contribution >= 4 is 64.6 Å². The van der Waals surface area contributed by atoms with Crippen molar-refractivity contribution in [3.8, 4) is 69.0 Å². The van der Waals surface area contributed by atoms with Gasteiger partial charge in [-0.05, 0) is 163 Å². The van der Waals surface area contributed by atoms with Crippen molar-refractivity contribution in [1.29, 1.82) is 0 Å². The number of nitrogens with one attached hydrogen (secondary N) is 8. The molecule has 29 heteroatoms. The maximum absolute atomic E-state index is 15.7. The van der Waals surface area contributed by atoms with Crippen molar-refractivity contribution < 1.29 is 83.5 Å². The van der Waals surface area contributed by atoms with Crippen molar-refractivity contribution in [3.05, 3.63) is 176 Å². The minimum Gasteiger partial charge on any atom is -0.508 e. The second kappa shape index (κ2) is 29.0. The van der Waals surface area contributed by atoms with Crippen LogP contribution >= 0.6 is 23.2 Å². The number of unbranched alkanes of at least 4 members (excludes halogenated alkanes) is 1. The molecule has 0 radical (unpaired) electrons. The first-order valence-electron chi connectivity index (χ1n) is 29.4. The van der Waals surface area contributed by atoms with Crippen molar-refractivity contribution in [3.63, 3.8) is 0 Å². The number of benzene rings is 7. The molecule has 7 aromatic rings. The van der Waals surface area contributed by atoms with Crippen LogP contribution in [0.1, 0.15) is 94.5 Å². The smallest absolute Gasteiger partial charge is 0.248 e. The van der Waals surface area contributed by atoms with Crippen LogP contribution in [0.3, 0.4) is 0 Å². The summed E-state index contributed by atoms with van der Waals surface area (Å²) in [5.74, 6) is -12.7. The number of aliphatic hydroxyl groups excluding tert-OH is 1. The van der Waals surface area contributed by atoms with Crippen LogP contribution in [-0.2, 0) is 40.0 Å². The van der Waals surface area contributed by atoms with Crippen molar-refractivity contribution in [2.24, 2.45) is 11.5 Å². The number of carbonyl (C=O) groups is 7. The van der Waals surface area contributed by atoms with Crippen LogP contribution in [0.25, 0.3) is 0 Å². The van der Waals surface area contributed by atoms with E-state index >= 15 is 19.2 Å². The number of nitrogens with two attached hydrogens (primary N) is 2. The molecule has 12 rings (SSSR count). The molecule has 0 fully saturated rings. The van der Waals surface area contributed by atoms with Gasteiger partial charge in [0, 0.05) is 25.1 Å². The average molecular weight is 1330 g/mol. The van der Waals surface area contributed by atoms with Gasteiger partial charge in [-0.25, -0.2) is 0 Å². The van der Waals surface area contributed by atoms with E-state index in [-0.39, 0.29) is 85.1 Å². The third-order valence-corrected chi connectivity index (χ3v) is 16.1. The van der Waals surface area contributed by atoms with Gasteiger partial charge in [-0.15, -0.1) is 0 Å². The minimum absolute atomic E-state index is 0.0706. The van der Waals surface area contributed by atoms with E-state index < -0.39 is 130 Å². The second-order valence-corrected chi connectivity index (χ2v) is 23.1. The van der Waals surface area contributed by atoms with Crippen LogP contribution in [-0.4, -0.2) is 115 Å². The zero-order valence-electron chi connectivity index (χ0n) is 49.5. The molecule has 5 heterocycles. The van der Waals surface area contributed by atoms with Gasteiger partial charge in [0.1, 0.15) is 88.6 Å². The molecule has 5 aliphatic heterocycles. The summed E-state index contributed by atoms with van der Waals surface area (Å²) in [6.45, 7) is 1.75. The van der Waals surface area contributed by atoms with E-state index in [9.17, 15) is 50.1 Å². The maximum atomic E-state index is 15.7. The Kier molecular flexibility index (Phi) is 20.4. The van der Waals surface area contributed by atoms with Crippen molar-refractivity contribution in [1.82, 2.24) is 42.5 Å². The summed E-state index contributed by atoms with van der Waals surface area (Å²) in [4.78, 5) is 105. The van der Waals surface area contributed by atoms with E-state index in [4.69, 9.17) is 48.9 Å². The Morgan fingerprint density at radius 3 is 1.77 bits per heavy atom. The molecule has 8 unspecified atom stereocenters. The molecule has 19 N–H and O–H groups in total. The normalized spacial score (nSPS) is 20.0. The fourth-order valence-electron chi connectivity index (χ4n) is 10.7. The van der Waals surface area contributed by atoms with Crippen LogP contribution in [0.15, 0.2) is 127 Å². The molecule has 7 aromatic carbocycles. The lowest BCUT2D eigenvalue weighted by molar-refractivity contribution is -0.137. The molecular weight excluding hydrogens is 1260 g/mol. The number of amides is 7. The Balaban J connectivity index is 1.10. The lowest BCUT2D eigenvalue weighted by atomic mass is 9.97. The quantitative estimate of drug-likeness (QED) is 0.0692. The molecule has 490 valence electrons. The average Bonchev–Trinajstić information content (AvgIpc) is 0.854. The number of hydrogen-bond acceptors (Lipinski definition) is 20. The first kappa shape index (κ1) is 66.4. The van der Waals surface area contributed by atoms with E-state index in [2.05, 4.69) is 42.5 Å². The number of phenolic OH excluding ortho intramolecular Hbond substituents is 6. The van der Waals surface area contributed by atoms with E-state index in [0.29, 0.717) is 31.6 Å². The first-order valence-corrected chi connectivity index (χ1v) is 30.2. The van der Waals surface area contributed by atoms with E-state index in [1.807, 2.05) is 0 Å². The number of halogens is 2. The van der Waals surface area contributed by atoms with Gasteiger partial charge in [0.15, 0.2) is 23.0 Å². The van der Waals surface area contributed by atoms with Gasteiger partial charge < -0.3 is 104 Å². The number of carbonyl (C=O) groups excluding carboxylic acids is 7. The van der Waals surface area contributed by atoms with E-state index in [1.165, 1.54) is 66.7 Å². The molecule has 8 atom stereocenters. The van der Waals surface area contributed by atoms with Crippen LogP contribution in [0.5, 0.6) is 69.0 Å². The molecule has 5 aliphatic rings. The summed E-state index contributed by atoms with van der Waals surface area (Å²) >= 11 is 13.8. The van der Waals surface area contributed by atoms with Crippen molar-refractivity contribution in [2.45, 2.75) is 74.1 Å². The van der Waals surface area contributed by atoms with Crippen LogP contribution in [0, 0.1) is 0 Å². The molecule has 13 bridgehead atoms. The molecule has 7 amide bonds. The Labute approximate surface area is 545 Å². The largest absolute Gasteiger partial charge is 0.508 e. The molecule has 0 aromatic heterocycles. The highest BCUT2D eigenvalue weighted by atomic mass is 35.5.